The Hall–Kier alpha value is -3.14. The zero-order valence-electron chi connectivity index (χ0n) is 11.6. The molecule has 0 amide bonds. The predicted octanol–water partition coefficient (Wildman–Crippen LogP) is 5.27. The fraction of sp³-hybridized carbons (Fsp3) is 0. The molecule has 2 aromatic heterocycles. The molecule has 2 N–H and O–H groups in total. The van der Waals surface area contributed by atoms with Gasteiger partial charge in [-0.2, -0.15) is 0 Å². The molecule has 0 atom stereocenters. The summed E-state index contributed by atoms with van der Waals surface area (Å²) < 4.78 is 11.9. The Bertz CT molecular complexity index is 1000. The summed E-state index contributed by atoms with van der Waals surface area (Å²) in [6.45, 7) is 0. The van der Waals surface area contributed by atoms with E-state index in [2.05, 4.69) is 9.97 Å². The molecule has 4 heteroatoms. The smallest absolute Gasteiger partial charge is 0.154 e. The lowest BCUT2D eigenvalue weighted by Gasteiger charge is -2.06. The Morgan fingerprint density at radius 1 is 0.500 bits per heavy atom. The van der Waals surface area contributed by atoms with Gasteiger partial charge in [-0.1, -0.05) is 24.3 Å². The molecule has 106 valence electrons. The van der Waals surface area contributed by atoms with Gasteiger partial charge >= 0.3 is 0 Å². The Labute approximate surface area is 124 Å². The topological polar surface area (TPSA) is 57.9 Å². The lowest BCUT2D eigenvalue weighted by molar-refractivity contribution is 0.643. The van der Waals surface area contributed by atoms with Crippen molar-refractivity contribution in [2.75, 3.05) is 0 Å². The largest absolute Gasteiger partial charge is 0.453 e. The second-order valence-electron chi connectivity index (χ2n) is 5.29. The third kappa shape index (κ3) is 1.64. The molecule has 0 bridgehead atoms. The minimum atomic E-state index is 0.763. The maximum absolute atomic E-state index is 5.96. The number of para-hydroxylation sites is 4. The quantitative estimate of drug-likeness (QED) is 0.381. The first-order valence-electron chi connectivity index (χ1n) is 7.13. The molecule has 0 unspecified atom stereocenters. The molecule has 0 saturated carbocycles. The van der Waals surface area contributed by atoms with Gasteiger partial charge in [-0.3, -0.25) is 0 Å². The van der Waals surface area contributed by atoms with Crippen LogP contribution >= 0.6 is 0 Å². The summed E-state index contributed by atoms with van der Waals surface area (Å²) in [5.41, 5.74) is 6.94. The summed E-state index contributed by atoms with van der Waals surface area (Å²) in [7, 11) is 0. The van der Waals surface area contributed by atoms with Gasteiger partial charge in [0.15, 0.2) is 22.3 Å². The summed E-state index contributed by atoms with van der Waals surface area (Å²) in [5, 5.41) is 0. The van der Waals surface area contributed by atoms with Gasteiger partial charge in [0.25, 0.3) is 0 Å². The molecule has 5 aromatic rings. The normalized spacial score (nSPS) is 11.6. The molecule has 2 heterocycles. The van der Waals surface area contributed by atoms with E-state index < -0.39 is 0 Å². The first-order chi connectivity index (χ1) is 10.9. The van der Waals surface area contributed by atoms with Crippen LogP contribution in [0.4, 0.5) is 0 Å². The van der Waals surface area contributed by atoms with E-state index in [4.69, 9.17) is 8.83 Å². The van der Waals surface area contributed by atoms with Crippen LogP contribution in [0.3, 0.4) is 0 Å². The highest BCUT2D eigenvalue weighted by Crippen LogP contribution is 2.26. The van der Waals surface area contributed by atoms with Gasteiger partial charge in [0.2, 0.25) is 0 Å². The Kier molecular flexibility index (Phi) is 2.19. The van der Waals surface area contributed by atoms with E-state index >= 15 is 0 Å². The van der Waals surface area contributed by atoms with E-state index in [1.807, 2.05) is 60.7 Å². The van der Waals surface area contributed by atoms with Gasteiger partial charge in [0, 0.05) is 6.07 Å². The molecule has 0 saturated heterocycles. The van der Waals surface area contributed by atoms with Crippen molar-refractivity contribution in [2.24, 2.45) is 0 Å². The van der Waals surface area contributed by atoms with E-state index in [0.717, 1.165) is 44.4 Å². The first kappa shape index (κ1) is 11.5. The maximum Gasteiger partial charge on any atom is 0.154 e. The Balaban J connectivity index is 1.93. The van der Waals surface area contributed by atoms with Crippen LogP contribution in [-0.2, 0) is 0 Å². The highest BCUT2D eigenvalue weighted by atomic mass is 16.3. The van der Waals surface area contributed by atoms with Crippen LogP contribution in [-0.4, -0.2) is 9.97 Å². The standard InChI is InChI=1S/C18H12N2O2/c1-3-7-15-11(5-1)19-13-9-14-18(10-17(13)21-15)22-16-8-4-2-6-12(16)20-14/h1-10,19-20H. The van der Waals surface area contributed by atoms with Crippen LogP contribution in [0.5, 0.6) is 0 Å². The fourth-order valence-corrected chi connectivity index (χ4v) is 2.77. The molecule has 0 aliphatic heterocycles. The molecule has 0 radical (unpaired) electrons. The lowest BCUT2D eigenvalue weighted by Crippen LogP contribution is -1.86. The zero-order chi connectivity index (χ0) is 14.5. The van der Waals surface area contributed by atoms with E-state index in [0.29, 0.717) is 0 Å². The number of aromatic amines is 2. The zero-order valence-corrected chi connectivity index (χ0v) is 11.6. The van der Waals surface area contributed by atoms with Crippen LogP contribution in [0, 0.1) is 0 Å². The average molecular weight is 288 g/mol. The van der Waals surface area contributed by atoms with Crippen molar-refractivity contribution in [1.82, 2.24) is 9.97 Å². The SMILES string of the molecule is c1ccc2oc3cc4oc5ccccc5[nH]c4cc3[nH]c2c1. The van der Waals surface area contributed by atoms with Crippen molar-refractivity contribution < 1.29 is 8.83 Å². The molecule has 4 nitrogen and oxygen atoms in total. The highest BCUT2D eigenvalue weighted by Gasteiger charge is 2.06. The second kappa shape index (κ2) is 4.18. The first-order valence-corrected chi connectivity index (χ1v) is 7.13. The molecule has 3 aromatic carbocycles. The molecule has 0 aliphatic rings. The number of rotatable bonds is 0. The van der Waals surface area contributed by atoms with Crippen LogP contribution < -0.4 is 0 Å². The summed E-state index contributed by atoms with van der Waals surface area (Å²) in [6.07, 6.45) is 0. The Morgan fingerprint density at radius 3 is 1.55 bits per heavy atom. The van der Waals surface area contributed by atoms with Crippen LogP contribution in [0.1, 0.15) is 0 Å². The average Bonchev–Trinajstić information content (AvgIpc) is 2.56. The van der Waals surface area contributed by atoms with Crippen molar-refractivity contribution in [3.8, 4) is 0 Å². The van der Waals surface area contributed by atoms with Gasteiger partial charge in [-0.25, -0.2) is 0 Å². The van der Waals surface area contributed by atoms with E-state index in [-0.39, 0.29) is 0 Å². The molecule has 0 spiro atoms. The van der Waals surface area contributed by atoms with Crippen molar-refractivity contribution in [3.05, 3.63) is 60.7 Å². The molecule has 22 heavy (non-hydrogen) atoms. The number of aromatic nitrogens is 2. The van der Waals surface area contributed by atoms with Gasteiger partial charge in [0.1, 0.15) is 0 Å². The van der Waals surface area contributed by atoms with Gasteiger partial charge in [0.05, 0.1) is 22.1 Å². The predicted molar refractivity (Wildman–Crippen MR) is 87.3 cm³/mol. The minimum Gasteiger partial charge on any atom is -0.453 e. The third-order valence-electron chi connectivity index (χ3n) is 3.83. The number of benzene rings is 3. The number of fused-ring (bicyclic) bond motifs is 4. The van der Waals surface area contributed by atoms with Crippen molar-refractivity contribution in [3.63, 3.8) is 0 Å². The maximum atomic E-state index is 5.96. The fourth-order valence-electron chi connectivity index (χ4n) is 2.77. The molecular formula is C18H12N2O2. The van der Waals surface area contributed by atoms with Crippen LogP contribution in [0.25, 0.3) is 44.4 Å². The number of H-pyrrole nitrogens is 2. The highest BCUT2D eigenvalue weighted by molar-refractivity contribution is 5.94. The molecule has 0 aliphatic carbocycles. The van der Waals surface area contributed by atoms with E-state index in [1.165, 1.54) is 0 Å². The lowest BCUT2D eigenvalue weighted by atomic mass is 10.2. The molecule has 0 fully saturated rings. The van der Waals surface area contributed by atoms with Crippen molar-refractivity contribution >= 4 is 44.4 Å². The Morgan fingerprint density at radius 2 is 1.00 bits per heavy atom. The number of nitrogens with one attached hydrogen (secondary N) is 2. The molecular weight excluding hydrogens is 276 g/mol. The van der Waals surface area contributed by atoms with Crippen molar-refractivity contribution in [1.29, 1.82) is 0 Å². The monoisotopic (exact) mass is 288 g/mol. The molecule has 5 rings (SSSR count). The van der Waals surface area contributed by atoms with E-state index in [1.54, 1.807) is 0 Å². The summed E-state index contributed by atoms with van der Waals surface area (Å²) in [4.78, 5) is 6.79. The summed E-state index contributed by atoms with van der Waals surface area (Å²) in [6, 6.07) is 19.7. The summed E-state index contributed by atoms with van der Waals surface area (Å²) in [5.74, 6) is 0. The van der Waals surface area contributed by atoms with Crippen LogP contribution in [0.2, 0.25) is 0 Å². The van der Waals surface area contributed by atoms with Gasteiger partial charge in [-0.15, -0.1) is 0 Å². The van der Waals surface area contributed by atoms with Gasteiger partial charge < -0.3 is 18.8 Å². The minimum absolute atomic E-state index is 0.763. The van der Waals surface area contributed by atoms with Crippen LogP contribution in [0.15, 0.2) is 69.5 Å². The third-order valence-corrected chi connectivity index (χ3v) is 3.83. The number of hydrogen-bond acceptors (Lipinski definition) is 2. The number of hydrogen-bond donors (Lipinski definition) is 2. The summed E-state index contributed by atoms with van der Waals surface area (Å²) >= 11 is 0. The van der Waals surface area contributed by atoms with E-state index in [9.17, 15) is 0 Å². The van der Waals surface area contributed by atoms with Gasteiger partial charge in [-0.05, 0) is 30.3 Å². The van der Waals surface area contributed by atoms with Crippen molar-refractivity contribution in [2.45, 2.75) is 0 Å². The second-order valence-corrected chi connectivity index (χ2v) is 5.29.